The van der Waals surface area contributed by atoms with Crippen molar-refractivity contribution in [3.05, 3.63) is 29.6 Å². The second kappa shape index (κ2) is 4.12. The molecule has 0 aliphatic heterocycles. The summed E-state index contributed by atoms with van der Waals surface area (Å²) in [5, 5.41) is 11.5. The van der Waals surface area contributed by atoms with Gasteiger partial charge in [0.15, 0.2) is 0 Å². The Balaban J connectivity index is 2.16. The summed E-state index contributed by atoms with van der Waals surface area (Å²) in [6, 6.07) is 2.66. The number of hydrogen-bond donors (Lipinski definition) is 2. The number of nitrogens with one attached hydrogen (secondary N) is 1. The van der Waals surface area contributed by atoms with Gasteiger partial charge in [0.2, 0.25) is 0 Å². The number of aromatic hydroxyl groups is 1. The van der Waals surface area contributed by atoms with Crippen LogP contribution in [0.3, 0.4) is 0 Å². The van der Waals surface area contributed by atoms with Crippen LogP contribution in [0.15, 0.2) is 18.2 Å². The zero-order chi connectivity index (χ0) is 13.6. The number of phenolic OH excluding ortho intramolecular Hbond substituents is 1. The number of alkyl halides is 3. The van der Waals surface area contributed by atoms with Crippen molar-refractivity contribution in [3.8, 4) is 5.75 Å². The minimum Gasteiger partial charge on any atom is -0.508 e. The third-order valence-corrected chi connectivity index (χ3v) is 3.24. The molecule has 18 heavy (non-hydrogen) atoms. The quantitative estimate of drug-likeness (QED) is 0.820. The Morgan fingerprint density at radius 3 is 2.39 bits per heavy atom. The summed E-state index contributed by atoms with van der Waals surface area (Å²) < 4.78 is 51.7. The fourth-order valence-corrected chi connectivity index (χ4v) is 1.99. The highest BCUT2D eigenvalue weighted by atomic mass is 19.4. The van der Waals surface area contributed by atoms with E-state index in [1.807, 2.05) is 0 Å². The molecule has 1 fully saturated rings. The highest BCUT2D eigenvalue weighted by Crippen LogP contribution is 2.50. The molecule has 6 heteroatoms. The molecule has 2 rings (SSSR count). The fraction of sp³-hybridized carbons (Fsp3) is 0.500. The molecule has 100 valence electrons. The molecule has 2 nitrogen and oxygen atoms in total. The van der Waals surface area contributed by atoms with Crippen LogP contribution in [-0.4, -0.2) is 16.8 Å². The van der Waals surface area contributed by atoms with Gasteiger partial charge in [-0.25, -0.2) is 4.39 Å². The van der Waals surface area contributed by atoms with E-state index in [4.69, 9.17) is 5.11 Å². The van der Waals surface area contributed by atoms with Gasteiger partial charge in [-0.2, -0.15) is 13.2 Å². The minimum absolute atomic E-state index is 0.0144. The van der Waals surface area contributed by atoms with E-state index in [1.54, 1.807) is 0 Å². The average molecular weight is 263 g/mol. The summed E-state index contributed by atoms with van der Waals surface area (Å²) >= 11 is 0. The summed E-state index contributed by atoms with van der Waals surface area (Å²) in [5.41, 5.74) is -1.76. The molecular formula is C12H13F4NO. The monoisotopic (exact) mass is 263 g/mol. The molecule has 1 saturated carbocycles. The van der Waals surface area contributed by atoms with Gasteiger partial charge in [-0.1, -0.05) is 6.07 Å². The molecule has 0 saturated heterocycles. The molecule has 1 aliphatic rings. The van der Waals surface area contributed by atoms with Gasteiger partial charge >= 0.3 is 6.18 Å². The molecule has 0 heterocycles. The Bertz CT molecular complexity index is 454. The fourth-order valence-electron chi connectivity index (χ4n) is 1.99. The summed E-state index contributed by atoms with van der Waals surface area (Å²) in [7, 11) is 0. The number of benzene rings is 1. The van der Waals surface area contributed by atoms with Crippen LogP contribution in [0.1, 0.15) is 31.4 Å². The van der Waals surface area contributed by atoms with Crippen LogP contribution in [0, 0.1) is 5.82 Å². The molecular weight excluding hydrogens is 250 g/mol. The molecule has 0 aromatic heterocycles. The second-order valence-corrected chi connectivity index (χ2v) is 4.65. The second-order valence-electron chi connectivity index (χ2n) is 4.65. The molecule has 1 aromatic rings. The van der Waals surface area contributed by atoms with Gasteiger partial charge in [-0.15, -0.1) is 0 Å². The van der Waals surface area contributed by atoms with Crippen molar-refractivity contribution in [2.45, 2.75) is 37.5 Å². The van der Waals surface area contributed by atoms with Crippen molar-refractivity contribution in [1.82, 2.24) is 5.32 Å². The van der Waals surface area contributed by atoms with E-state index in [0.29, 0.717) is 0 Å². The van der Waals surface area contributed by atoms with Crippen LogP contribution >= 0.6 is 0 Å². The van der Waals surface area contributed by atoms with Crippen molar-refractivity contribution >= 4 is 0 Å². The smallest absolute Gasteiger partial charge is 0.406 e. The van der Waals surface area contributed by atoms with Crippen molar-refractivity contribution in [3.63, 3.8) is 0 Å². The van der Waals surface area contributed by atoms with Crippen molar-refractivity contribution < 1.29 is 22.7 Å². The lowest BCUT2D eigenvalue weighted by molar-refractivity contribution is -0.167. The van der Waals surface area contributed by atoms with Crippen LogP contribution in [0.5, 0.6) is 5.75 Å². The lowest BCUT2D eigenvalue weighted by Gasteiger charge is -2.25. The summed E-state index contributed by atoms with van der Waals surface area (Å²) in [4.78, 5) is 0. The van der Waals surface area contributed by atoms with E-state index >= 15 is 0 Å². The average Bonchev–Trinajstić information content (AvgIpc) is 2.97. The largest absolute Gasteiger partial charge is 0.508 e. The van der Waals surface area contributed by atoms with E-state index in [1.165, 1.54) is 19.1 Å². The third-order valence-electron chi connectivity index (χ3n) is 3.24. The van der Waals surface area contributed by atoms with Gasteiger partial charge in [-0.3, -0.25) is 5.32 Å². The molecule has 1 atom stereocenters. The topological polar surface area (TPSA) is 32.3 Å². The van der Waals surface area contributed by atoms with Crippen molar-refractivity contribution in [1.29, 1.82) is 0 Å². The predicted molar refractivity (Wildman–Crippen MR) is 57.6 cm³/mol. The van der Waals surface area contributed by atoms with E-state index in [0.717, 1.165) is 6.07 Å². The van der Waals surface area contributed by atoms with Crippen LogP contribution < -0.4 is 5.32 Å². The van der Waals surface area contributed by atoms with Crippen molar-refractivity contribution in [2.75, 3.05) is 0 Å². The number of rotatable bonds is 3. The van der Waals surface area contributed by atoms with Crippen LogP contribution in [0.4, 0.5) is 17.6 Å². The molecule has 1 unspecified atom stereocenters. The highest BCUT2D eigenvalue weighted by molar-refractivity contribution is 5.30. The lowest BCUT2D eigenvalue weighted by atomic mass is 10.1. The zero-order valence-corrected chi connectivity index (χ0v) is 9.68. The van der Waals surface area contributed by atoms with Gasteiger partial charge in [0.05, 0.1) is 0 Å². The van der Waals surface area contributed by atoms with Crippen LogP contribution in [0.25, 0.3) is 0 Å². The van der Waals surface area contributed by atoms with E-state index in [2.05, 4.69) is 5.32 Å². The number of halogens is 4. The van der Waals surface area contributed by atoms with Gasteiger partial charge < -0.3 is 5.11 Å². The number of phenols is 1. The minimum atomic E-state index is -4.32. The maximum Gasteiger partial charge on any atom is 0.406 e. The Morgan fingerprint density at radius 1 is 1.33 bits per heavy atom. The van der Waals surface area contributed by atoms with Crippen molar-refractivity contribution in [2.24, 2.45) is 0 Å². The third kappa shape index (κ3) is 2.29. The first-order valence-corrected chi connectivity index (χ1v) is 5.58. The van der Waals surface area contributed by atoms with Gasteiger partial charge in [0.25, 0.3) is 0 Å². The van der Waals surface area contributed by atoms with Gasteiger partial charge in [0, 0.05) is 17.7 Å². The normalized spacial score (nSPS) is 19.6. The molecule has 0 amide bonds. The molecule has 1 aromatic carbocycles. The summed E-state index contributed by atoms with van der Waals surface area (Å²) in [6.07, 6.45) is -4.30. The molecule has 0 spiro atoms. The Morgan fingerprint density at radius 2 is 1.94 bits per heavy atom. The van der Waals surface area contributed by atoms with Gasteiger partial charge in [0.1, 0.15) is 17.1 Å². The maximum absolute atomic E-state index is 13.5. The summed E-state index contributed by atoms with van der Waals surface area (Å²) in [5.74, 6) is -0.964. The predicted octanol–water partition coefficient (Wildman–Crippen LogP) is 3.28. The van der Waals surface area contributed by atoms with E-state index in [9.17, 15) is 17.6 Å². The Kier molecular flexibility index (Phi) is 3.01. The molecule has 2 N–H and O–H groups in total. The molecule has 0 bridgehead atoms. The Hall–Kier alpha value is -1.30. The van der Waals surface area contributed by atoms with E-state index < -0.39 is 23.6 Å². The highest BCUT2D eigenvalue weighted by Gasteiger charge is 2.63. The molecule has 0 radical (unpaired) electrons. The number of hydrogen-bond acceptors (Lipinski definition) is 2. The SMILES string of the molecule is CC(NC1(C(F)(F)F)CC1)c1ccc(O)cc1F. The molecule has 1 aliphatic carbocycles. The Labute approximate surface area is 102 Å². The van der Waals surface area contributed by atoms with Crippen LogP contribution in [-0.2, 0) is 0 Å². The van der Waals surface area contributed by atoms with E-state index in [-0.39, 0.29) is 24.2 Å². The first kappa shape index (κ1) is 13.1. The van der Waals surface area contributed by atoms with Crippen LogP contribution in [0.2, 0.25) is 0 Å². The van der Waals surface area contributed by atoms with Gasteiger partial charge in [-0.05, 0) is 25.8 Å². The zero-order valence-electron chi connectivity index (χ0n) is 9.68. The standard InChI is InChI=1S/C12H13F4NO/c1-7(9-3-2-8(18)6-10(9)13)17-11(4-5-11)12(14,15)16/h2-3,6-7,17-18H,4-5H2,1H3. The maximum atomic E-state index is 13.5. The first-order chi connectivity index (χ1) is 8.25. The summed E-state index contributed by atoms with van der Waals surface area (Å²) in [6.45, 7) is 1.47. The lowest BCUT2D eigenvalue weighted by Crippen LogP contribution is -2.46. The first-order valence-electron chi connectivity index (χ1n) is 5.58.